The molecule has 0 radical (unpaired) electrons. The van der Waals surface area contributed by atoms with Crippen molar-refractivity contribution in [2.45, 2.75) is 58.9 Å². The Balaban J connectivity index is 1.94. The lowest BCUT2D eigenvalue weighted by Gasteiger charge is -2.17. The molecule has 1 aliphatic carbocycles. The van der Waals surface area contributed by atoms with Crippen molar-refractivity contribution in [3.05, 3.63) is 26.6 Å². The summed E-state index contributed by atoms with van der Waals surface area (Å²) in [5.41, 5.74) is 1.29. The van der Waals surface area contributed by atoms with E-state index < -0.39 is 0 Å². The van der Waals surface area contributed by atoms with Gasteiger partial charge in [0, 0.05) is 4.88 Å². The molecule has 1 aliphatic rings. The van der Waals surface area contributed by atoms with E-state index in [1.807, 2.05) is 0 Å². The standard InChI is InChI=1S/C17H25N3OS/c1-4-5-8-18-11(3)15-19-16(21)14-12-7-6-10(2)9-13(12)22-17(14)20-15/h10-11,18H,4-9H2,1-3H3,(H,19,20,21)/t10-,11-/m1/s1. The minimum Gasteiger partial charge on any atom is -0.309 e. The molecule has 0 aliphatic heterocycles. The van der Waals surface area contributed by atoms with Crippen LogP contribution in [0.4, 0.5) is 0 Å². The van der Waals surface area contributed by atoms with Gasteiger partial charge in [-0.15, -0.1) is 11.3 Å². The lowest BCUT2D eigenvalue weighted by molar-refractivity contribution is 0.509. The maximum Gasteiger partial charge on any atom is 0.259 e. The van der Waals surface area contributed by atoms with Crippen LogP contribution in [0, 0.1) is 5.92 Å². The number of aryl methyl sites for hydroxylation is 1. The molecule has 2 atom stereocenters. The van der Waals surface area contributed by atoms with E-state index in [0.29, 0.717) is 5.92 Å². The summed E-state index contributed by atoms with van der Waals surface area (Å²) >= 11 is 1.72. The quantitative estimate of drug-likeness (QED) is 0.829. The van der Waals surface area contributed by atoms with Gasteiger partial charge in [-0.3, -0.25) is 4.79 Å². The number of aromatic amines is 1. The van der Waals surface area contributed by atoms with Crippen LogP contribution < -0.4 is 10.9 Å². The summed E-state index contributed by atoms with van der Waals surface area (Å²) in [5.74, 6) is 1.48. The Labute approximate surface area is 135 Å². The predicted molar refractivity (Wildman–Crippen MR) is 92.8 cm³/mol. The second-order valence-electron chi connectivity index (χ2n) is 6.51. The first-order valence-electron chi connectivity index (χ1n) is 8.38. The van der Waals surface area contributed by atoms with Crippen LogP contribution in [0.25, 0.3) is 10.2 Å². The number of fused-ring (bicyclic) bond motifs is 3. The van der Waals surface area contributed by atoms with E-state index in [2.05, 4.69) is 31.1 Å². The number of aromatic nitrogens is 2. The average Bonchev–Trinajstić information content (AvgIpc) is 2.84. The van der Waals surface area contributed by atoms with Crippen LogP contribution in [0.1, 0.15) is 62.3 Å². The van der Waals surface area contributed by atoms with Gasteiger partial charge in [-0.2, -0.15) is 0 Å². The summed E-state index contributed by atoms with van der Waals surface area (Å²) in [6.07, 6.45) is 5.59. The van der Waals surface area contributed by atoms with Gasteiger partial charge >= 0.3 is 0 Å². The molecule has 2 heterocycles. The second-order valence-corrected chi connectivity index (χ2v) is 7.60. The van der Waals surface area contributed by atoms with Gasteiger partial charge in [0.25, 0.3) is 5.56 Å². The van der Waals surface area contributed by atoms with Gasteiger partial charge < -0.3 is 10.3 Å². The summed E-state index contributed by atoms with van der Waals surface area (Å²) in [5, 5.41) is 4.28. The van der Waals surface area contributed by atoms with E-state index in [4.69, 9.17) is 4.98 Å². The molecule has 0 saturated carbocycles. The number of rotatable bonds is 5. The first kappa shape index (κ1) is 15.7. The Morgan fingerprint density at radius 3 is 3.09 bits per heavy atom. The fourth-order valence-corrected chi connectivity index (χ4v) is 4.55. The van der Waals surface area contributed by atoms with Crippen LogP contribution in [0.3, 0.4) is 0 Å². The SMILES string of the molecule is CCCCN[C@H](C)c1nc2sc3c(c2c(=O)[nH]1)CC[C@@H](C)C3. The molecule has 0 aromatic carbocycles. The first-order chi connectivity index (χ1) is 10.6. The minimum atomic E-state index is 0.0381. The van der Waals surface area contributed by atoms with Crippen molar-refractivity contribution in [3.63, 3.8) is 0 Å². The fourth-order valence-electron chi connectivity index (χ4n) is 3.16. The van der Waals surface area contributed by atoms with Crippen molar-refractivity contribution in [2.24, 2.45) is 5.92 Å². The second kappa shape index (κ2) is 6.50. The monoisotopic (exact) mass is 319 g/mol. The summed E-state index contributed by atoms with van der Waals surface area (Å²) in [7, 11) is 0. The maximum absolute atomic E-state index is 12.5. The van der Waals surface area contributed by atoms with Gasteiger partial charge in [0.2, 0.25) is 0 Å². The third-order valence-electron chi connectivity index (χ3n) is 4.57. The predicted octanol–water partition coefficient (Wildman–Crippen LogP) is 3.56. The van der Waals surface area contributed by atoms with Crippen LogP contribution in [0.2, 0.25) is 0 Å². The van der Waals surface area contributed by atoms with Crippen LogP contribution in [-0.2, 0) is 12.8 Å². The summed E-state index contributed by atoms with van der Waals surface area (Å²) in [4.78, 5) is 22.6. The van der Waals surface area contributed by atoms with Crippen molar-refractivity contribution < 1.29 is 0 Å². The Hall–Kier alpha value is -1.20. The number of nitrogens with one attached hydrogen (secondary N) is 2. The molecule has 5 heteroatoms. The van der Waals surface area contributed by atoms with Crippen LogP contribution in [0.5, 0.6) is 0 Å². The number of nitrogens with zero attached hydrogens (tertiary/aromatic N) is 1. The number of unbranched alkanes of at least 4 members (excludes halogenated alkanes) is 1. The zero-order chi connectivity index (χ0) is 15.7. The number of hydrogen-bond donors (Lipinski definition) is 2. The lowest BCUT2D eigenvalue weighted by atomic mass is 9.89. The molecule has 3 rings (SSSR count). The Morgan fingerprint density at radius 2 is 2.32 bits per heavy atom. The van der Waals surface area contributed by atoms with Gasteiger partial charge in [-0.25, -0.2) is 4.98 Å². The van der Waals surface area contributed by atoms with E-state index in [1.54, 1.807) is 11.3 Å². The van der Waals surface area contributed by atoms with Gasteiger partial charge in [-0.05, 0) is 50.6 Å². The first-order valence-corrected chi connectivity index (χ1v) is 9.19. The van der Waals surface area contributed by atoms with Crippen molar-refractivity contribution in [1.29, 1.82) is 0 Å². The Bertz CT molecular complexity index is 718. The zero-order valence-electron chi connectivity index (χ0n) is 13.7. The van der Waals surface area contributed by atoms with Gasteiger partial charge in [0.15, 0.2) is 0 Å². The van der Waals surface area contributed by atoms with Crippen LogP contribution >= 0.6 is 11.3 Å². The molecule has 2 N–H and O–H groups in total. The van der Waals surface area contributed by atoms with E-state index in [1.165, 1.54) is 23.3 Å². The molecule has 0 fully saturated rings. The van der Waals surface area contributed by atoms with Gasteiger partial charge in [-0.1, -0.05) is 20.3 Å². The molecule has 0 amide bonds. The Kier molecular flexibility index (Phi) is 4.64. The van der Waals surface area contributed by atoms with Gasteiger partial charge in [0.05, 0.1) is 11.4 Å². The summed E-state index contributed by atoms with van der Waals surface area (Å²) < 4.78 is 0. The number of thiophene rings is 1. The number of H-pyrrole nitrogens is 1. The van der Waals surface area contributed by atoms with Crippen molar-refractivity contribution in [1.82, 2.24) is 15.3 Å². The van der Waals surface area contributed by atoms with E-state index in [0.717, 1.165) is 41.8 Å². The summed E-state index contributed by atoms with van der Waals surface area (Å²) in [6.45, 7) is 7.49. The third kappa shape index (κ3) is 2.97. The van der Waals surface area contributed by atoms with Gasteiger partial charge in [0.1, 0.15) is 10.7 Å². The highest BCUT2D eigenvalue weighted by atomic mass is 32.1. The largest absolute Gasteiger partial charge is 0.309 e. The fraction of sp³-hybridized carbons (Fsp3) is 0.647. The van der Waals surface area contributed by atoms with E-state index >= 15 is 0 Å². The van der Waals surface area contributed by atoms with E-state index in [-0.39, 0.29) is 11.6 Å². The van der Waals surface area contributed by atoms with Crippen LogP contribution in [0.15, 0.2) is 4.79 Å². The molecule has 2 aromatic rings. The van der Waals surface area contributed by atoms with Crippen molar-refractivity contribution in [2.75, 3.05) is 6.54 Å². The molecule has 22 heavy (non-hydrogen) atoms. The Morgan fingerprint density at radius 1 is 1.50 bits per heavy atom. The molecule has 0 saturated heterocycles. The smallest absolute Gasteiger partial charge is 0.259 e. The molecule has 4 nitrogen and oxygen atoms in total. The lowest BCUT2D eigenvalue weighted by Crippen LogP contribution is -2.24. The highest BCUT2D eigenvalue weighted by Crippen LogP contribution is 2.35. The third-order valence-corrected chi connectivity index (χ3v) is 5.72. The highest BCUT2D eigenvalue weighted by molar-refractivity contribution is 7.18. The molecule has 120 valence electrons. The maximum atomic E-state index is 12.5. The van der Waals surface area contributed by atoms with Crippen LogP contribution in [-0.4, -0.2) is 16.5 Å². The molecular formula is C17H25N3OS. The summed E-state index contributed by atoms with van der Waals surface area (Å²) in [6, 6.07) is 0.0849. The topological polar surface area (TPSA) is 57.8 Å². The molecule has 2 aromatic heterocycles. The normalized spacial score (nSPS) is 19.3. The molecule has 0 bridgehead atoms. The average molecular weight is 319 g/mol. The minimum absolute atomic E-state index is 0.0381. The molecule has 0 spiro atoms. The molecular weight excluding hydrogens is 294 g/mol. The van der Waals surface area contributed by atoms with E-state index in [9.17, 15) is 4.79 Å². The van der Waals surface area contributed by atoms with Crippen molar-refractivity contribution >= 4 is 21.6 Å². The zero-order valence-corrected chi connectivity index (χ0v) is 14.5. The van der Waals surface area contributed by atoms with Crippen molar-refractivity contribution in [3.8, 4) is 0 Å². The number of hydrogen-bond acceptors (Lipinski definition) is 4. The molecule has 0 unspecified atom stereocenters. The highest BCUT2D eigenvalue weighted by Gasteiger charge is 2.23.